The average molecular weight is 242 g/mol. The number of rotatable bonds is 4. The van der Waals surface area contributed by atoms with Gasteiger partial charge in [0.05, 0.1) is 6.61 Å². The van der Waals surface area contributed by atoms with E-state index in [1.165, 1.54) is 13.0 Å². The minimum absolute atomic E-state index is 0.215. The number of hydrogen-bond acceptors (Lipinski definition) is 4. The molecule has 0 N–H and O–H groups in total. The monoisotopic (exact) mass is 242 g/mol. The van der Waals surface area contributed by atoms with Crippen LogP contribution in [-0.4, -0.2) is 18.6 Å². The van der Waals surface area contributed by atoms with Gasteiger partial charge in [-0.3, -0.25) is 0 Å². The Hall–Kier alpha value is -1.85. The lowest BCUT2D eigenvalue weighted by Gasteiger charge is -2.04. The van der Waals surface area contributed by atoms with Crippen molar-refractivity contribution in [3.8, 4) is 0 Å². The molecule has 1 rings (SSSR count). The maximum atomic E-state index is 13.1. The van der Waals surface area contributed by atoms with Gasteiger partial charge in [-0.05, 0) is 26.0 Å². The first-order chi connectivity index (χ1) is 8.06. The van der Waals surface area contributed by atoms with Crippen molar-refractivity contribution in [1.82, 2.24) is 0 Å². The molecule has 0 bridgehead atoms. The Kier molecular flexibility index (Phi) is 4.68. The van der Waals surface area contributed by atoms with Crippen LogP contribution in [0.4, 0.5) is 14.5 Å². The first-order valence-corrected chi connectivity index (χ1v) is 5.07. The largest absolute Gasteiger partial charge is 0.464 e. The third-order valence-electron chi connectivity index (χ3n) is 1.90. The first kappa shape index (κ1) is 13.2. The van der Waals surface area contributed by atoms with Gasteiger partial charge in [0.25, 0.3) is 0 Å². The molecule has 0 heterocycles. The van der Waals surface area contributed by atoms with Gasteiger partial charge in [-0.1, -0.05) is 6.07 Å². The van der Waals surface area contributed by atoms with Crippen LogP contribution < -0.4 is 0 Å². The van der Waals surface area contributed by atoms with Crippen LogP contribution >= 0.6 is 0 Å². The zero-order chi connectivity index (χ0) is 12.8. The summed E-state index contributed by atoms with van der Waals surface area (Å²) in [6.45, 7) is 3.30. The number of nitrogens with zero attached hydrogens (tertiary/aromatic N) is 2. The highest BCUT2D eigenvalue weighted by Crippen LogP contribution is 2.22. The quantitative estimate of drug-likeness (QED) is 0.602. The number of benzene rings is 1. The van der Waals surface area contributed by atoms with Gasteiger partial charge in [-0.2, -0.15) is 5.11 Å². The van der Waals surface area contributed by atoms with E-state index in [1.54, 1.807) is 6.92 Å². The van der Waals surface area contributed by atoms with Crippen molar-refractivity contribution >= 4 is 11.7 Å². The van der Waals surface area contributed by atoms with Gasteiger partial charge >= 0.3 is 5.97 Å². The molecular formula is C11H12F2N2O2. The summed E-state index contributed by atoms with van der Waals surface area (Å²) in [6.07, 6.45) is 0. The van der Waals surface area contributed by atoms with Crippen LogP contribution in [0.5, 0.6) is 0 Å². The lowest BCUT2D eigenvalue weighted by Crippen LogP contribution is -2.17. The predicted molar refractivity (Wildman–Crippen MR) is 57.0 cm³/mol. The van der Waals surface area contributed by atoms with Crippen molar-refractivity contribution in [3.05, 3.63) is 29.8 Å². The molecule has 0 aliphatic rings. The molecule has 1 atom stereocenters. The Morgan fingerprint density at radius 2 is 2.00 bits per heavy atom. The molecule has 0 amide bonds. The van der Waals surface area contributed by atoms with E-state index in [-0.39, 0.29) is 6.61 Å². The summed E-state index contributed by atoms with van der Waals surface area (Å²) in [5, 5.41) is 6.89. The second-order valence-corrected chi connectivity index (χ2v) is 3.21. The SMILES string of the molecule is CCOC(=O)C(C)N=Nc1c(F)cccc1F. The van der Waals surface area contributed by atoms with E-state index in [0.29, 0.717) is 0 Å². The number of esters is 1. The molecule has 17 heavy (non-hydrogen) atoms. The van der Waals surface area contributed by atoms with Crippen molar-refractivity contribution in [3.63, 3.8) is 0 Å². The third-order valence-corrected chi connectivity index (χ3v) is 1.90. The normalized spacial score (nSPS) is 12.7. The highest BCUT2D eigenvalue weighted by atomic mass is 19.1. The topological polar surface area (TPSA) is 51.0 Å². The van der Waals surface area contributed by atoms with E-state index in [1.807, 2.05) is 0 Å². The van der Waals surface area contributed by atoms with E-state index >= 15 is 0 Å². The average Bonchev–Trinajstić information content (AvgIpc) is 2.28. The van der Waals surface area contributed by atoms with Crippen molar-refractivity contribution < 1.29 is 18.3 Å². The lowest BCUT2D eigenvalue weighted by molar-refractivity contribution is -0.144. The number of hydrogen-bond donors (Lipinski definition) is 0. The van der Waals surface area contributed by atoms with E-state index in [9.17, 15) is 13.6 Å². The van der Waals surface area contributed by atoms with Crippen molar-refractivity contribution in [2.75, 3.05) is 6.61 Å². The Morgan fingerprint density at radius 1 is 1.41 bits per heavy atom. The summed E-state index contributed by atoms with van der Waals surface area (Å²) in [6, 6.07) is 2.45. The van der Waals surface area contributed by atoms with Gasteiger partial charge in [-0.25, -0.2) is 13.6 Å². The molecule has 1 aromatic rings. The molecule has 4 nitrogen and oxygen atoms in total. The van der Waals surface area contributed by atoms with Crippen LogP contribution in [0.3, 0.4) is 0 Å². The Labute approximate surface area is 97.3 Å². The van der Waals surface area contributed by atoms with Gasteiger partial charge in [0.15, 0.2) is 23.4 Å². The number of carbonyl (C=O) groups excluding carboxylic acids is 1. The fourth-order valence-corrected chi connectivity index (χ4v) is 1.04. The summed E-state index contributed by atoms with van der Waals surface area (Å²) < 4.78 is 31.0. The molecule has 0 fully saturated rings. The summed E-state index contributed by atoms with van der Waals surface area (Å²) in [5.74, 6) is -2.25. The van der Waals surface area contributed by atoms with E-state index in [2.05, 4.69) is 15.0 Å². The van der Waals surface area contributed by atoms with Crippen LogP contribution in [0.15, 0.2) is 28.4 Å². The molecule has 92 valence electrons. The summed E-state index contributed by atoms with van der Waals surface area (Å²) in [5.41, 5.74) is -0.511. The summed E-state index contributed by atoms with van der Waals surface area (Å²) in [4.78, 5) is 11.2. The van der Waals surface area contributed by atoms with Gasteiger partial charge in [0, 0.05) is 0 Å². The second-order valence-electron chi connectivity index (χ2n) is 3.21. The molecular weight excluding hydrogens is 230 g/mol. The van der Waals surface area contributed by atoms with Crippen LogP contribution in [0, 0.1) is 11.6 Å². The molecule has 1 unspecified atom stereocenters. The van der Waals surface area contributed by atoms with E-state index in [0.717, 1.165) is 12.1 Å². The maximum absolute atomic E-state index is 13.1. The zero-order valence-corrected chi connectivity index (χ0v) is 9.48. The molecule has 0 radical (unpaired) electrons. The van der Waals surface area contributed by atoms with E-state index in [4.69, 9.17) is 0 Å². The van der Waals surface area contributed by atoms with Crippen LogP contribution in [0.25, 0.3) is 0 Å². The van der Waals surface area contributed by atoms with Crippen LogP contribution in [0.1, 0.15) is 13.8 Å². The van der Waals surface area contributed by atoms with Gasteiger partial charge in [0.2, 0.25) is 0 Å². The van der Waals surface area contributed by atoms with Crippen molar-refractivity contribution in [1.29, 1.82) is 0 Å². The van der Waals surface area contributed by atoms with Crippen LogP contribution in [0.2, 0.25) is 0 Å². The number of carbonyl (C=O) groups is 1. The highest BCUT2D eigenvalue weighted by Gasteiger charge is 2.13. The molecule has 1 aromatic carbocycles. The van der Waals surface area contributed by atoms with Gasteiger partial charge < -0.3 is 4.74 Å². The first-order valence-electron chi connectivity index (χ1n) is 5.07. The number of azo groups is 1. The Morgan fingerprint density at radius 3 is 2.53 bits per heavy atom. The molecule has 0 aliphatic heterocycles. The highest BCUT2D eigenvalue weighted by molar-refractivity contribution is 5.75. The third kappa shape index (κ3) is 3.58. The van der Waals surface area contributed by atoms with Crippen molar-refractivity contribution in [2.24, 2.45) is 10.2 Å². The Bertz CT molecular complexity index is 415. The fraction of sp³-hybridized carbons (Fsp3) is 0.364. The van der Waals surface area contributed by atoms with Crippen molar-refractivity contribution in [2.45, 2.75) is 19.9 Å². The molecule has 0 saturated heterocycles. The summed E-state index contributed by atoms with van der Waals surface area (Å²) in [7, 11) is 0. The molecule has 6 heteroatoms. The summed E-state index contributed by atoms with van der Waals surface area (Å²) >= 11 is 0. The zero-order valence-electron chi connectivity index (χ0n) is 9.48. The standard InChI is InChI=1S/C11H12F2N2O2/c1-3-17-11(16)7(2)14-15-10-8(12)5-4-6-9(10)13/h4-7H,3H2,1-2H3. The number of halogens is 2. The maximum Gasteiger partial charge on any atom is 0.332 e. The second kappa shape index (κ2) is 6.03. The Balaban J connectivity index is 2.80. The van der Waals surface area contributed by atoms with Gasteiger partial charge in [0.1, 0.15) is 0 Å². The van der Waals surface area contributed by atoms with Crippen LogP contribution in [-0.2, 0) is 9.53 Å². The molecule has 0 saturated carbocycles. The fourth-order valence-electron chi connectivity index (χ4n) is 1.04. The lowest BCUT2D eigenvalue weighted by atomic mass is 10.3. The predicted octanol–water partition coefficient (Wildman–Crippen LogP) is 3.00. The molecule has 0 aromatic heterocycles. The minimum Gasteiger partial charge on any atom is -0.464 e. The molecule has 0 aliphatic carbocycles. The van der Waals surface area contributed by atoms with E-state index < -0.39 is 29.3 Å². The van der Waals surface area contributed by atoms with Gasteiger partial charge in [-0.15, -0.1) is 5.11 Å². The minimum atomic E-state index is -0.894. The smallest absolute Gasteiger partial charge is 0.332 e. The number of ether oxygens (including phenoxy) is 1. The molecule has 0 spiro atoms.